The summed E-state index contributed by atoms with van der Waals surface area (Å²) in [6.45, 7) is 5.98. The molecule has 1 aliphatic rings. The van der Waals surface area contributed by atoms with E-state index in [1.165, 1.54) is 22.3 Å². The highest BCUT2D eigenvalue weighted by Gasteiger charge is 2.22. The Hall–Kier alpha value is -1.80. The summed E-state index contributed by atoms with van der Waals surface area (Å²) in [5, 5.41) is 3.66. The molecule has 2 heteroatoms. The van der Waals surface area contributed by atoms with Crippen LogP contribution in [0.3, 0.4) is 0 Å². The van der Waals surface area contributed by atoms with Crippen molar-refractivity contribution in [2.75, 3.05) is 6.61 Å². The van der Waals surface area contributed by atoms with Gasteiger partial charge in [0.15, 0.2) is 0 Å². The zero-order valence-electron chi connectivity index (χ0n) is 12.1. The summed E-state index contributed by atoms with van der Waals surface area (Å²) in [6.07, 6.45) is 1.03. The maximum absolute atomic E-state index is 5.88. The van der Waals surface area contributed by atoms with Crippen molar-refractivity contribution in [3.63, 3.8) is 0 Å². The van der Waals surface area contributed by atoms with Gasteiger partial charge in [0.05, 0.1) is 6.61 Å². The maximum atomic E-state index is 5.88. The lowest BCUT2D eigenvalue weighted by atomic mass is 9.95. The Morgan fingerprint density at radius 3 is 2.70 bits per heavy atom. The molecule has 0 amide bonds. The van der Waals surface area contributed by atoms with Crippen LogP contribution in [-0.4, -0.2) is 6.61 Å². The summed E-state index contributed by atoms with van der Waals surface area (Å²) >= 11 is 0. The van der Waals surface area contributed by atoms with Crippen molar-refractivity contribution in [3.05, 3.63) is 64.7 Å². The normalized spacial score (nSPS) is 17.4. The van der Waals surface area contributed by atoms with Gasteiger partial charge in [-0.05, 0) is 30.5 Å². The van der Waals surface area contributed by atoms with Crippen LogP contribution in [0.25, 0.3) is 0 Å². The van der Waals surface area contributed by atoms with Gasteiger partial charge in [-0.1, -0.05) is 42.5 Å². The Labute approximate surface area is 120 Å². The summed E-state index contributed by atoms with van der Waals surface area (Å²) in [6, 6.07) is 15.3. The minimum atomic E-state index is 0.387. The molecule has 0 bridgehead atoms. The number of fused-ring (bicyclic) bond motifs is 1. The van der Waals surface area contributed by atoms with E-state index in [0.29, 0.717) is 6.04 Å². The molecule has 1 aliphatic heterocycles. The van der Waals surface area contributed by atoms with E-state index in [1.807, 2.05) is 0 Å². The summed E-state index contributed by atoms with van der Waals surface area (Å²) in [5.74, 6) is 1.09. The number of aryl methyl sites for hydroxylation is 1. The topological polar surface area (TPSA) is 21.3 Å². The number of nitrogens with one attached hydrogen (secondary N) is 1. The molecule has 3 rings (SSSR count). The molecule has 0 fully saturated rings. The van der Waals surface area contributed by atoms with Gasteiger partial charge in [-0.3, -0.25) is 0 Å². The molecule has 2 aromatic carbocycles. The first-order valence-corrected chi connectivity index (χ1v) is 7.26. The molecular weight excluding hydrogens is 246 g/mol. The van der Waals surface area contributed by atoms with Crippen molar-refractivity contribution >= 4 is 0 Å². The zero-order valence-corrected chi connectivity index (χ0v) is 12.1. The third-order valence-electron chi connectivity index (χ3n) is 4.13. The van der Waals surface area contributed by atoms with Crippen LogP contribution in [0.5, 0.6) is 5.75 Å². The van der Waals surface area contributed by atoms with Crippen LogP contribution < -0.4 is 10.1 Å². The highest BCUT2D eigenvalue weighted by molar-refractivity contribution is 5.47. The molecule has 104 valence electrons. The largest absolute Gasteiger partial charge is 0.493 e. The van der Waals surface area contributed by atoms with Crippen LogP contribution in [0, 0.1) is 13.8 Å². The Morgan fingerprint density at radius 1 is 1.10 bits per heavy atom. The lowest BCUT2D eigenvalue weighted by molar-refractivity contribution is 0.250. The molecule has 20 heavy (non-hydrogen) atoms. The van der Waals surface area contributed by atoms with Crippen molar-refractivity contribution in [3.8, 4) is 5.75 Å². The SMILES string of the molecule is Cc1ccc2c(c1C)OCCC2NCc1ccccc1. The first-order chi connectivity index (χ1) is 9.75. The van der Waals surface area contributed by atoms with E-state index < -0.39 is 0 Å². The lowest BCUT2D eigenvalue weighted by Crippen LogP contribution is -2.27. The second-order valence-corrected chi connectivity index (χ2v) is 5.48. The highest BCUT2D eigenvalue weighted by atomic mass is 16.5. The number of ether oxygens (including phenoxy) is 1. The van der Waals surface area contributed by atoms with Crippen LogP contribution in [0.2, 0.25) is 0 Å². The minimum absolute atomic E-state index is 0.387. The fourth-order valence-corrected chi connectivity index (χ4v) is 2.76. The van der Waals surface area contributed by atoms with E-state index >= 15 is 0 Å². The van der Waals surface area contributed by atoms with Gasteiger partial charge in [0.2, 0.25) is 0 Å². The van der Waals surface area contributed by atoms with E-state index in [9.17, 15) is 0 Å². The van der Waals surface area contributed by atoms with Gasteiger partial charge in [-0.25, -0.2) is 0 Å². The lowest BCUT2D eigenvalue weighted by Gasteiger charge is -2.28. The van der Waals surface area contributed by atoms with Crippen molar-refractivity contribution in [2.24, 2.45) is 0 Å². The van der Waals surface area contributed by atoms with Crippen LogP contribution in [0.4, 0.5) is 0 Å². The van der Waals surface area contributed by atoms with Crippen molar-refractivity contribution in [2.45, 2.75) is 32.9 Å². The van der Waals surface area contributed by atoms with Gasteiger partial charge in [0, 0.05) is 24.6 Å². The standard InChI is InChI=1S/C18H21NO/c1-13-8-9-16-17(10-11-20-18(16)14(13)2)19-12-15-6-4-3-5-7-15/h3-9,17,19H,10-12H2,1-2H3. The second kappa shape index (κ2) is 5.68. The predicted octanol–water partition coefficient (Wildman–Crippen LogP) is 3.92. The molecule has 0 radical (unpaired) electrons. The molecule has 2 nitrogen and oxygen atoms in total. The number of rotatable bonds is 3. The Bertz CT molecular complexity index is 592. The molecule has 2 aromatic rings. The summed E-state index contributed by atoms with van der Waals surface area (Å²) < 4.78 is 5.88. The first-order valence-electron chi connectivity index (χ1n) is 7.26. The monoisotopic (exact) mass is 267 g/mol. The van der Waals surface area contributed by atoms with Crippen LogP contribution in [0.1, 0.15) is 34.7 Å². The van der Waals surface area contributed by atoms with Crippen LogP contribution in [0.15, 0.2) is 42.5 Å². The Balaban J connectivity index is 1.79. The Kier molecular flexibility index (Phi) is 3.75. The molecule has 1 heterocycles. The van der Waals surface area contributed by atoms with Crippen molar-refractivity contribution in [1.29, 1.82) is 0 Å². The molecule has 0 aliphatic carbocycles. The maximum Gasteiger partial charge on any atom is 0.127 e. The van der Waals surface area contributed by atoms with Gasteiger partial charge in [-0.15, -0.1) is 0 Å². The van der Waals surface area contributed by atoms with E-state index in [1.54, 1.807) is 0 Å². The molecule has 1 N–H and O–H groups in total. The van der Waals surface area contributed by atoms with E-state index in [4.69, 9.17) is 4.74 Å². The Morgan fingerprint density at radius 2 is 1.90 bits per heavy atom. The van der Waals surface area contributed by atoms with Crippen molar-refractivity contribution < 1.29 is 4.74 Å². The number of hydrogen-bond acceptors (Lipinski definition) is 2. The third kappa shape index (κ3) is 2.56. The minimum Gasteiger partial charge on any atom is -0.493 e. The van der Waals surface area contributed by atoms with Gasteiger partial charge in [0.25, 0.3) is 0 Å². The highest BCUT2D eigenvalue weighted by Crippen LogP contribution is 2.36. The second-order valence-electron chi connectivity index (χ2n) is 5.48. The molecular formula is C18H21NO. The molecule has 1 atom stereocenters. The first kappa shape index (κ1) is 13.2. The summed E-state index contributed by atoms with van der Waals surface area (Å²) in [5.41, 5.74) is 5.20. The summed E-state index contributed by atoms with van der Waals surface area (Å²) in [4.78, 5) is 0. The average Bonchev–Trinajstić information content (AvgIpc) is 2.50. The molecule has 0 aromatic heterocycles. The smallest absolute Gasteiger partial charge is 0.127 e. The molecule has 0 spiro atoms. The fourth-order valence-electron chi connectivity index (χ4n) is 2.76. The quantitative estimate of drug-likeness (QED) is 0.910. The van der Waals surface area contributed by atoms with Crippen LogP contribution >= 0.6 is 0 Å². The average molecular weight is 267 g/mol. The number of hydrogen-bond donors (Lipinski definition) is 1. The summed E-state index contributed by atoms with van der Waals surface area (Å²) in [7, 11) is 0. The van der Waals surface area contributed by atoms with E-state index in [0.717, 1.165) is 25.3 Å². The van der Waals surface area contributed by atoms with Gasteiger partial charge >= 0.3 is 0 Å². The van der Waals surface area contributed by atoms with Gasteiger partial charge < -0.3 is 10.1 Å². The molecule has 0 saturated heterocycles. The van der Waals surface area contributed by atoms with Crippen LogP contribution in [-0.2, 0) is 6.54 Å². The van der Waals surface area contributed by atoms with Crippen molar-refractivity contribution in [1.82, 2.24) is 5.32 Å². The van der Waals surface area contributed by atoms with Gasteiger partial charge in [0.1, 0.15) is 5.75 Å². The number of benzene rings is 2. The van der Waals surface area contributed by atoms with E-state index in [-0.39, 0.29) is 0 Å². The fraction of sp³-hybridized carbons (Fsp3) is 0.333. The molecule has 0 saturated carbocycles. The van der Waals surface area contributed by atoms with Gasteiger partial charge in [-0.2, -0.15) is 0 Å². The molecule has 1 unspecified atom stereocenters. The third-order valence-corrected chi connectivity index (χ3v) is 4.13. The zero-order chi connectivity index (χ0) is 13.9. The predicted molar refractivity (Wildman–Crippen MR) is 82.1 cm³/mol. The van der Waals surface area contributed by atoms with E-state index in [2.05, 4.69) is 61.6 Å².